The van der Waals surface area contributed by atoms with Crippen molar-refractivity contribution in [2.75, 3.05) is 26.2 Å². The van der Waals surface area contributed by atoms with Crippen LogP contribution in [-0.2, 0) is 0 Å². The number of β-amino-alcohol motifs (C(OH)–C–C–N with tert-alkyl or cyclic N) is 2. The highest BCUT2D eigenvalue weighted by Gasteiger charge is 2.31. The predicted octanol–water partition coefficient (Wildman–Crippen LogP) is -0.907. The number of aliphatic hydroxyl groups is 2. The van der Waals surface area contributed by atoms with E-state index in [0.29, 0.717) is 13.1 Å². The zero-order valence-electron chi connectivity index (χ0n) is 7.95. The summed E-state index contributed by atoms with van der Waals surface area (Å²) in [6, 6.07) is 0.0732. The summed E-state index contributed by atoms with van der Waals surface area (Å²) in [6.45, 7) is 2.17. The third-order valence-corrected chi connectivity index (χ3v) is 2.66. The molecule has 0 aromatic carbocycles. The molecule has 2 N–H and O–H groups in total. The van der Waals surface area contributed by atoms with Gasteiger partial charge in [0.25, 0.3) is 0 Å². The third-order valence-electron chi connectivity index (χ3n) is 2.66. The summed E-state index contributed by atoms with van der Waals surface area (Å²) in [7, 11) is 0. The van der Waals surface area contributed by atoms with Gasteiger partial charge in [0.2, 0.25) is 0 Å². The molecule has 0 saturated carbocycles. The Bertz CT molecular complexity index is 276. The highest BCUT2D eigenvalue weighted by atomic mass is 16.3. The minimum Gasteiger partial charge on any atom is -0.395 e. The van der Waals surface area contributed by atoms with Gasteiger partial charge in [-0.25, -0.2) is 4.98 Å². The van der Waals surface area contributed by atoms with Crippen LogP contribution < -0.4 is 0 Å². The standard InChI is InChI=1S/C9H15N3O2/c13-4-3-11-5-8(9(14)6-11)12-2-1-10-7-12/h1-2,7-9,13-14H,3-6H2/t8-,9-/m0/s1. The monoisotopic (exact) mass is 197 g/mol. The van der Waals surface area contributed by atoms with Crippen LogP contribution in [0.4, 0.5) is 0 Å². The maximum atomic E-state index is 9.79. The van der Waals surface area contributed by atoms with E-state index in [0.717, 1.165) is 6.54 Å². The van der Waals surface area contributed by atoms with Gasteiger partial charge in [-0.15, -0.1) is 0 Å². The molecule has 1 fully saturated rings. The quantitative estimate of drug-likeness (QED) is 0.659. The summed E-state index contributed by atoms with van der Waals surface area (Å²) in [6.07, 6.45) is 4.92. The van der Waals surface area contributed by atoms with Crippen molar-refractivity contribution < 1.29 is 10.2 Å². The Morgan fingerprint density at radius 1 is 1.43 bits per heavy atom. The molecule has 0 spiro atoms. The number of nitrogens with zero attached hydrogens (tertiary/aromatic N) is 3. The van der Waals surface area contributed by atoms with E-state index in [1.54, 1.807) is 12.5 Å². The van der Waals surface area contributed by atoms with E-state index in [1.807, 2.05) is 10.8 Å². The fourth-order valence-electron chi connectivity index (χ4n) is 1.93. The molecular formula is C9H15N3O2. The summed E-state index contributed by atoms with van der Waals surface area (Å²) in [4.78, 5) is 6.01. The lowest BCUT2D eigenvalue weighted by atomic mass is 10.2. The van der Waals surface area contributed by atoms with E-state index >= 15 is 0 Å². The third kappa shape index (κ3) is 1.79. The first-order chi connectivity index (χ1) is 6.81. The second-order valence-electron chi connectivity index (χ2n) is 3.63. The van der Waals surface area contributed by atoms with Crippen LogP contribution in [-0.4, -0.2) is 57.0 Å². The number of imidazole rings is 1. The molecule has 2 rings (SSSR count). The summed E-state index contributed by atoms with van der Waals surface area (Å²) in [5.74, 6) is 0. The Morgan fingerprint density at radius 2 is 2.29 bits per heavy atom. The average molecular weight is 197 g/mol. The molecule has 5 heteroatoms. The van der Waals surface area contributed by atoms with Crippen LogP contribution >= 0.6 is 0 Å². The Labute approximate surface area is 82.6 Å². The molecule has 1 aliphatic heterocycles. The Hall–Kier alpha value is -0.910. The van der Waals surface area contributed by atoms with Crippen LogP contribution in [0.5, 0.6) is 0 Å². The zero-order valence-corrected chi connectivity index (χ0v) is 7.95. The first kappa shape index (κ1) is 9.64. The van der Waals surface area contributed by atoms with Crippen LogP contribution in [0, 0.1) is 0 Å². The number of likely N-dealkylation sites (tertiary alicyclic amines) is 1. The Morgan fingerprint density at radius 3 is 2.93 bits per heavy atom. The lowest BCUT2D eigenvalue weighted by Crippen LogP contribution is -2.25. The van der Waals surface area contributed by atoms with Gasteiger partial charge >= 0.3 is 0 Å². The van der Waals surface area contributed by atoms with Gasteiger partial charge in [-0.2, -0.15) is 0 Å². The molecule has 0 amide bonds. The van der Waals surface area contributed by atoms with Crippen molar-refractivity contribution in [1.82, 2.24) is 14.5 Å². The topological polar surface area (TPSA) is 61.5 Å². The molecule has 5 nitrogen and oxygen atoms in total. The molecule has 2 heterocycles. The molecule has 1 aromatic heterocycles. The molecule has 78 valence electrons. The van der Waals surface area contributed by atoms with Crippen LogP contribution in [0.1, 0.15) is 6.04 Å². The summed E-state index contributed by atoms with van der Waals surface area (Å²) < 4.78 is 1.92. The first-order valence-corrected chi connectivity index (χ1v) is 4.80. The zero-order chi connectivity index (χ0) is 9.97. The SMILES string of the molecule is OCCN1C[C@H](O)[C@@H](n2ccnc2)C1. The van der Waals surface area contributed by atoms with Gasteiger partial charge in [-0.05, 0) is 0 Å². The number of hydrogen-bond donors (Lipinski definition) is 2. The molecule has 1 aromatic rings. The van der Waals surface area contributed by atoms with E-state index in [9.17, 15) is 5.11 Å². The van der Waals surface area contributed by atoms with Crippen molar-refractivity contribution >= 4 is 0 Å². The van der Waals surface area contributed by atoms with Gasteiger partial charge in [-0.1, -0.05) is 0 Å². The van der Waals surface area contributed by atoms with E-state index in [-0.39, 0.29) is 18.8 Å². The maximum absolute atomic E-state index is 9.79. The number of hydrogen-bond acceptors (Lipinski definition) is 4. The minimum atomic E-state index is -0.365. The predicted molar refractivity (Wildman–Crippen MR) is 50.8 cm³/mol. The van der Waals surface area contributed by atoms with Crippen molar-refractivity contribution in [2.45, 2.75) is 12.1 Å². The summed E-state index contributed by atoms with van der Waals surface area (Å²) in [5, 5.41) is 18.6. The number of rotatable bonds is 3. The Kier molecular flexibility index (Phi) is 2.81. The van der Waals surface area contributed by atoms with E-state index in [4.69, 9.17) is 5.11 Å². The lowest BCUT2D eigenvalue weighted by Gasteiger charge is -2.15. The summed E-state index contributed by atoms with van der Waals surface area (Å²) in [5.41, 5.74) is 0. The van der Waals surface area contributed by atoms with Crippen molar-refractivity contribution in [3.63, 3.8) is 0 Å². The van der Waals surface area contributed by atoms with Crippen LogP contribution in [0.2, 0.25) is 0 Å². The first-order valence-electron chi connectivity index (χ1n) is 4.80. The molecule has 0 unspecified atom stereocenters. The molecule has 1 saturated heterocycles. The fraction of sp³-hybridized carbons (Fsp3) is 0.667. The average Bonchev–Trinajstić information content (AvgIpc) is 2.74. The molecule has 14 heavy (non-hydrogen) atoms. The van der Waals surface area contributed by atoms with Gasteiger partial charge in [-0.3, -0.25) is 4.90 Å². The second kappa shape index (κ2) is 4.08. The maximum Gasteiger partial charge on any atom is 0.0949 e. The second-order valence-corrected chi connectivity index (χ2v) is 3.63. The van der Waals surface area contributed by atoms with E-state index < -0.39 is 0 Å². The normalized spacial score (nSPS) is 28.4. The highest BCUT2D eigenvalue weighted by molar-refractivity contribution is 4.91. The molecule has 2 atom stereocenters. The van der Waals surface area contributed by atoms with Crippen molar-refractivity contribution in [2.24, 2.45) is 0 Å². The van der Waals surface area contributed by atoms with Crippen LogP contribution in [0.25, 0.3) is 0 Å². The largest absolute Gasteiger partial charge is 0.395 e. The van der Waals surface area contributed by atoms with Crippen molar-refractivity contribution in [1.29, 1.82) is 0 Å². The molecule has 1 aliphatic rings. The van der Waals surface area contributed by atoms with Gasteiger partial charge < -0.3 is 14.8 Å². The number of aliphatic hydroxyl groups excluding tert-OH is 2. The smallest absolute Gasteiger partial charge is 0.0949 e. The minimum absolute atomic E-state index is 0.0732. The van der Waals surface area contributed by atoms with Gasteiger partial charge in [0, 0.05) is 32.0 Å². The number of aromatic nitrogens is 2. The van der Waals surface area contributed by atoms with Gasteiger partial charge in [0.15, 0.2) is 0 Å². The molecular weight excluding hydrogens is 182 g/mol. The molecule has 0 radical (unpaired) electrons. The molecule has 0 bridgehead atoms. The van der Waals surface area contributed by atoms with Crippen LogP contribution in [0.3, 0.4) is 0 Å². The van der Waals surface area contributed by atoms with Crippen LogP contribution in [0.15, 0.2) is 18.7 Å². The van der Waals surface area contributed by atoms with Gasteiger partial charge in [0.1, 0.15) is 0 Å². The fourth-order valence-corrected chi connectivity index (χ4v) is 1.93. The lowest BCUT2D eigenvalue weighted by molar-refractivity contribution is 0.141. The van der Waals surface area contributed by atoms with Gasteiger partial charge in [0.05, 0.1) is 25.1 Å². The summed E-state index contributed by atoms with van der Waals surface area (Å²) >= 11 is 0. The van der Waals surface area contributed by atoms with E-state index in [2.05, 4.69) is 9.88 Å². The highest BCUT2D eigenvalue weighted by Crippen LogP contribution is 2.21. The van der Waals surface area contributed by atoms with Crippen molar-refractivity contribution in [3.05, 3.63) is 18.7 Å². The molecule has 0 aliphatic carbocycles. The van der Waals surface area contributed by atoms with E-state index in [1.165, 1.54) is 0 Å². The van der Waals surface area contributed by atoms with Crippen molar-refractivity contribution in [3.8, 4) is 0 Å². The Balaban J connectivity index is 2.01.